The summed E-state index contributed by atoms with van der Waals surface area (Å²) in [6.07, 6.45) is 10.1. The number of hydrogen-bond acceptors (Lipinski definition) is 2. The van der Waals surface area contributed by atoms with Crippen molar-refractivity contribution in [3.63, 3.8) is 0 Å². The lowest BCUT2D eigenvalue weighted by Crippen LogP contribution is -2.50. The second-order valence-electron chi connectivity index (χ2n) is 9.75. The van der Waals surface area contributed by atoms with Gasteiger partial charge in [0.05, 0.1) is 6.61 Å². The third kappa shape index (κ3) is 2.42. The van der Waals surface area contributed by atoms with Crippen molar-refractivity contribution in [1.29, 1.82) is 0 Å². The summed E-state index contributed by atoms with van der Waals surface area (Å²) in [5.74, 6) is 2.04. The molecule has 1 unspecified atom stereocenters. The number of halogens is 1. The molecule has 0 aromatic rings. The molecule has 0 amide bonds. The van der Waals surface area contributed by atoms with Gasteiger partial charge < -0.3 is 5.11 Å². The highest BCUT2D eigenvalue weighted by atomic mass is 19.1. The average molecular weight is 361 g/mol. The van der Waals surface area contributed by atoms with Gasteiger partial charge >= 0.3 is 0 Å². The lowest BCUT2D eigenvalue weighted by atomic mass is 9.46. The lowest BCUT2D eigenvalue weighted by Gasteiger charge is -2.58. The van der Waals surface area contributed by atoms with E-state index in [1.165, 1.54) is 5.57 Å². The van der Waals surface area contributed by atoms with Crippen molar-refractivity contribution in [2.24, 2.45) is 34.5 Å². The van der Waals surface area contributed by atoms with Crippen molar-refractivity contribution in [3.8, 4) is 0 Å². The Morgan fingerprint density at radius 3 is 2.62 bits per heavy atom. The van der Waals surface area contributed by atoms with Crippen LogP contribution in [0.25, 0.3) is 0 Å². The molecule has 144 valence electrons. The highest BCUT2D eigenvalue weighted by molar-refractivity contribution is 5.93. The van der Waals surface area contributed by atoms with Crippen molar-refractivity contribution in [2.45, 2.75) is 72.1 Å². The van der Waals surface area contributed by atoms with Gasteiger partial charge in [-0.15, -0.1) is 0 Å². The normalized spacial score (nSPS) is 47.0. The maximum Gasteiger partial charge on any atom is 0.158 e. The Bertz CT molecular complexity index is 678. The van der Waals surface area contributed by atoms with Gasteiger partial charge in [0.1, 0.15) is 5.83 Å². The van der Waals surface area contributed by atoms with Crippen molar-refractivity contribution >= 4 is 5.78 Å². The van der Waals surface area contributed by atoms with Gasteiger partial charge in [0.2, 0.25) is 0 Å². The van der Waals surface area contributed by atoms with Crippen molar-refractivity contribution < 1.29 is 14.3 Å². The van der Waals surface area contributed by atoms with E-state index >= 15 is 0 Å². The van der Waals surface area contributed by atoms with Crippen molar-refractivity contribution in [1.82, 2.24) is 0 Å². The second-order valence-corrected chi connectivity index (χ2v) is 9.75. The zero-order valence-electron chi connectivity index (χ0n) is 16.5. The van der Waals surface area contributed by atoms with E-state index in [0.29, 0.717) is 23.5 Å². The standard InChI is InChI=1S/C23H33FO2/c1-4-14-12-23(3)15(11-21(14)26)5-6-16-17-7-8-19(20(24)13-25)22(17,2)10-9-18(16)23/h11,14,16-18,25H,4-10,12-13H2,1-3H3/t14?,16-,17-,18-,22-,23-/m0/s1. The fraction of sp³-hybridized carbons (Fsp3) is 0.783. The predicted octanol–water partition coefficient (Wildman–Crippen LogP) is 5.37. The molecule has 0 heterocycles. The molecule has 0 aliphatic heterocycles. The summed E-state index contributed by atoms with van der Waals surface area (Å²) in [6.45, 7) is 6.34. The summed E-state index contributed by atoms with van der Waals surface area (Å²) in [7, 11) is 0. The SMILES string of the molecule is CCC1C[C@@]2(C)C(=CC1=O)CC[C@@H]1[C@@H]2CC[C@]2(C)C(=C(F)CO)CC[C@@H]12. The Labute approximate surface area is 156 Å². The molecular weight excluding hydrogens is 327 g/mol. The van der Waals surface area contributed by atoms with E-state index in [-0.39, 0.29) is 22.6 Å². The molecule has 0 bridgehead atoms. The first-order valence-electron chi connectivity index (χ1n) is 10.6. The molecule has 26 heavy (non-hydrogen) atoms. The van der Waals surface area contributed by atoms with Gasteiger partial charge in [-0.05, 0) is 91.6 Å². The maximum atomic E-state index is 14.3. The molecular formula is C23H33FO2. The Hall–Kier alpha value is -0.960. The van der Waals surface area contributed by atoms with Crippen LogP contribution >= 0.6 is 0 Å². The number of carbonyl (C=O) groups excluding carboxylic acids is 1. The number of aliphatic hydroxyl groups excluding tert-OH is 1. The monoisotopic (exact) mass is 360 g/mol. The number of fused-ring (bicyclic) bond motifs is 5. The Morgan fingerprint density at radius 1 is 1.19 bits per heavy atom. The summed E-state index contributed by atoms with van der Waals surface area (Å²) in [5, 5.41) is 9.34. The summed E-state index contributed by atoms with van der Waals surface area (Å²) in [6, 6.07) is 0. The first-order valence-corrected chi connectivity index (χ1v) is 10.6. The largest absolute Gasteiger partial charge is 0.389 e. The van der Waals surface area contributed by atoms with Crippen LogP contribution < -0.4 is 0 Å². The first-order chi connectivity index (χ1) is 12.3. The Balaban J connectivity index is 1.68. The second kappa shape index (κ2) is 6.29. The van der Waals surface area contributed by atoms with Gasteiger partial charge in [-0.3, -0.25) is 4.79 Å². The summed E-state index contributed by atoms with van der Waals surface area (Å²) >= 11 is 0. The van der Waals surface area contributed by atoms with Crippen molar-refractivity contribution in [2.75, 3.05) is 6.61 Å². The van der Waals surface area contributed by atoms with Crippen molar-refractivity contribution in [3.05, 3.63) is 23.0 Å². The van der Waals surface area contributed by atoms with Gasteiger partial charge in [-0.25, -0.2) is 4.39 Å². The molecule has 0 aromatic carbocycles. The quantitative estimate of drug-likeness (QED) is 0.719. The number of aliphatic hydroxyl groups is 1. The third-order valence-electron chi connectivity index (χ3n) is 8.87. The van der Waals surface area contributed by atoms with E-state index in [1.54, 1.807) is 0 Å². The molecule has 4 rings (SSSR count). The van der Waals surface area contributed by atoms with E-state index in [9.17, 15) is 14.3 Å². The third-order valence-corrected chi connectivity index (χ3v) is 8.87. The zero-order chi connectivity index (χ0) is 18.7. The van der Waals surface area contributed by atoms with Crippen LogP contribution in [0.1, 0.15) is 72.1 Å². The molecule has 0 aromatic heterocycles. The molecule has 0 saturated heterocycles. The number of hydrogen-bond donors (Lipinski definition) is 1. The fourth-order valence-corrected chi connectivity index (χ4v) is 7.45. The molecule has 3 saturated carbocycles. The lowest BCUT2D eigenvalue weighted by molar-refractivity contribution is -0.122. The number of allylic oxidation sites excluding steroid dienone is 2. The van der Waals surface area contributed by atoms with Gasteiger partial charge in [-0.1, -0.05) is 26.3 Å². The highest BCUT2D eigenvalue weighted by Gasteiger charge is 2.58. The molecule has 3 heteroatoms. The van der Waals surface area contributed by atoms with Crippen LogP contribution in [0.3, 0.4) is 0 Å². The van der Waals surface area contributed by atoms with Crippen LogP contribution in [0, 0.1) is 34.5 Å². The van der Waals surface area contributed by atoms with Crippen LogP contribution in [-0.4, -0.2) is 17.5 Å². The van der Waals surface area contributed by atoms with Crippen LogP contribution in [-0.2, 0) is 4.79 Å². The zero-order valence-corrected chi connectivity index (χ0v) is 16.5. The fourth-order valence-electron chi connectivity index (χ4n) is 7.45. The predicted molar refractivity (Wildman–Crippen MR) is 101 cm³/mol. The number of carbonyl (C=O) groups is 1. The van der Waals surface area contributed by atoms with E-state index in [1.807, 2.05) is 6.08 Å². The molecule has 6 atom stereocenters. The molecule has 3 fully saturated rings. The molecule has 4 aliphatic carbocycles. The average Bonchev–Trinajstić information content (AvgIpc) is 2.98. The van der Waals surface area contributed by atoms with E-state index in [0.717, 1.165) is 56.9 Å². The molecule has 0 radical (unpaired) electrons. The summed E-state index contributed by atoms with van der Waals surface area (Å²) in [4.78, 5) is 12.4. The minimum Gasteiger partial charge on any atom is -0.389 e. The minimum atomic E-state index is -0.448. The molecule has 4 aliphatic rings. The van der Waals surface area contributed by atoms with E-state index in [4.69, 9.17) is 0 Å². The molecule has 2 nitrogen and oxygen atoms in total. The van der Waals surface area contributed by atoms with E-state index in [2.05, 4.69) is 20.8 Å². The molecule has 1 N–H and O–H groups in total. The minimum absolute atomic E-state index is 0.0692. The van der Waals surface area contributed by atoms with Gasteiger partial charge in [0.25, 0.3) is 0 Å². The summed E-state index contributed by atoms with van der Waals surface area (Å²) in [5.41, 5.74) is 2.38. The van der Waals surface area contributed by atoms with Gasteiger partial charge in [0.15, 0.2) is 5.78 Å². The number of rotatable bonds is 2. The smallest absolute Gasteiger partial charge is 0.158 e. The van der Waals surface area contributed by atoms with Gasteiger partial charge in [0, 0.05) is 5.92 Å². The van der Waals surface area contributed by atoms with Crippen LogP contribution in [0.5, 0.6) is 0 Å². The maximum absolute atomic E-state index is 14.3. The Morgan fingerprint density at radius 2 is 1.92 bits per heavy atom. The number of ketones is 1. The van der Waals surface area contributed by atoms with Crippen LogP contribution in [0.2, 0.25) is 0 Å². The first kappa shape index (κ1) is 18.4. The topological polar surface area (TPSA) is 37.3 Å². The Kier molecular flexibility index (Phi) is 4.45. The van der Waals surface area contributed by atoms with Gasteiger partial charge in [-0.2, -0.15) is 0 Å². The molecule has 0 spiro atoms. The summed E-state index contributed by atoms with van der Waals surface area (Å²) < 4.78 is 14.3. The van der Waals surface area contributed by atoms with E-state index < -0.39 is 6.61 Å². The van der Waals surface area contributed by atoms with Crippen LogP contribution in [0.4, 0.5) is 4.39 Å². The van der Waals surface area contributed by atoms with Crippen LogP contribution in [0.15, 0.2) is 23.0 Å². The highest BCUT2D eigenvalue weighted by Crippen LogP contribution is 2.67.